The average molecular weight is 703 g/mol. The maximum Gasteiger partial charge on any atom is 0.320 e. The van der Waals surface area contributed by atoms with Gasteiger partial charge in [0.25, 0.3) is 0 Å². The highest BCUT2D eigenvalue weighted by atomic mass is 17.2. The lowest BCUT2D eigenvalue weighted by Crippen LogP contribution is -2.54. The van der Waals surface area contributed by atoms with Gasteiger partial charge >= 0.3 is 11.9 Å². The van der Waals surface area contributed by atoms with Gasteiger partial charge in [-0.3, -0.25) is 9.59 Å². The molecule has 2 N–H and O–H groups in total. The number of esters is 2. The molecule has 0 radical (unpaired) electrons. The maximum atomic E-state index is 13.7. The number of carbonyl (C=O) groups excluding carboxylic acids is 2. The van der Waals surface area contributed by atoms with Crippen molar-refractivity contribution >= 4 is 11.9 Å². The Bertz CT molecular complexity index is 1760. The molecule has 2 heterocycles. The van der Waals surface area contributed by atoms with E-state index < -0.39 is 46.6 Å². The zero-order valence-corrected chi connectivity index (χ0v) is 28.6. The van der Waals surface area contributed by atoms with E-state index in [1.165, 1.54) is 38.1 Å². The lowest BCUT2D eigenvalue weighted by molar-refractivity contribution is -0.488. The van der Waals surface area contributed by atoms with Gasteiger partial charge in [-0.1, -0.05) is 121 Å². The first-order valence-electron chi connectivity index (χ1n) is 17.0. The van der Waals surface area contributed by atoms with Gasteiger partial charge in [-0.15, -0.1) is 0 Å². The number of aliphatic hydroxyl groups is 2. The number of hydrogen-bond acceptors (Lipinski definition) is 10. The third-order valence-electron chi connectivity index (χ3n) is 9.77. The van der Waals surface area contributed by atoms with Crippen molar-refractivity contribution in [2.45, 2.75) is 49.5 Å². The Labute approximate surface area is 300 Å². The Morgan fingerprint density at radius 1 is 0.481 bits per heavy atom. The van der Waals surface area contributed by atoms with E-state index in [2.05, 4.69) is 0 Å². The topological polar surface area (TPSA) is 130 Å². The second kappa shape index (κ2) is 14.1. The Morgan fingerprint density at radius 2 is 0.750 bits per heavy atom. The first-order chi connectivity index (χ1) is 25.0. The van der Waals surface area contributed by atoms with E-state index in [9.17, 15) is 19.8 Å². The summed E-state index contributed by atoms with van der Waals surface area (Å²) in [6, 6.07) is 43.2. The molecule has 2 fully saturated rings. The molecule has 266 valence electrons. The predicted octanol–water partition coefficient (Wildman–Crippen LogP) is 6.74. The molecule has 2 aliphatic heterocycles. The minimum atomic E-state index is -2.00. The number of carbonyl (C=O) groups is 2. The van der Waals surface area contributed by atoms with Crippen LogP contribution in [0, 0.1) is 11.8 Å². The molecule has 4 unspecified atom stereocenters. The van der Waals surface area contributed by atoms with Gasteiger partial charge in [0.2, 0.25) is 11.6 Å². The van der Waals surface area contributed by atoms with Gasteiger partial charge in [-0.25, -0.2) is 9.78 Å². The number of ether oxygens (including phenoxy) is 2. The minimum absolute atomic E-state index is 0.0170. The molecule has 2 aliphatic rings. The highest BCUT2D eigenvalue weighted by molar-refractivity contribution is 5.78. The molecule has 52 heavy (non-hydrogen) atoms. The van der Waals surface area contributed by atoms with Crippen molar-refractivity contribution in [1.29, 1.82) is 0 Å². The van der Waals surface area contributed by atoms with E-state index >= 15 is 0 Å². The van der Waals surface area contributed by atoms with E-state index in [-0.39, 0.29) is 24.3 Å². The monoisotopic (exact) mass is 702 g/mol. The van der Waals surface area contributed by atoms with E-state index in [4.69, 9.17) is 29.0 Å². The van der Waals surface area contributed by atoms with Crippen molar-refractivity contribution in [3.05, 3.63) is 168 Å². The molecule has 5 aromatic carbocycles. The molecule has 0 amide bonds. The van der Waals surface area contributed by atoms with E-state index in [1.54, 1.807) is 0 Å². The van der Waals surface area contributed by atoms with Crippen molar-refractivity contribution in [2.24, 2.45) is 11.8 Å². The van der Waals surface area contributed by atoms with Crippen LogP contribution in [-0.4, -0.2) is 33.7 Å². The van der Waals surface area contributed by atoms with Gasteiger partial charge in [0, 0.05) is 12.8 Å². The molecule has 5 aromatic rings. The second-order valence-electron chi connectivity index (χ2n) is 13.4. The van der Waals surface area contributed by atoms with Crippen LogP contribution in [0.15, 0.2) is 146 Å². The maximum absolute atomic E-state index is 13.7. The smallest absolute Gasteiger partial charge is 0.320 e. The lowest BCUT2D eigenvalue weighted by atomic mass is 9.76. The summed E-state index contributed by atoms with van der Waals surface area (Å²) < 4.78 is 11.5. The molecule has 0 saturated carbocycles. The van der Waals surface area contributed by atoms with Crippen LogP contribution in [-0.2, 0) is 40.3 Å². The van der Waals surface area contributed by atoms with Gasteiger partial charge in [0.1, 0.15) is 23.3 Å². The van der Waals surface area contributed by atoms with Crippen LogP contribution in [0.3, 0.4) is 0 Å². The fourth-order valence-electron chi connectivity index (χ4n) is 6.83. The van der Waals surface area contributed by atoms with Crippen LogP contribution in [0.25, 0.3) is 0 Å². The van der Waals surface area contributed by atoms with Crippen molar-refractivity contribution in [1.82, 2.24) is 0 Å². The zero-order valence-electron chi connectivity index (χ0n) is 28.6. The highest BCUT2D eigenvalue weighted by Gasteiger charge is 2.56. The summed E-state index contributed by atoms with van der Waals surface area (Å²) in [5.41, 5.74) is 0.526. The largest absolute Gasteiger partial charge is 0.426 e. The van der Waals surface area contributed by atoms with E-state index in [0.717, 1.165) is 22.3 Å². The standard InChI is InChI=1S/C42H38O10/c1-39(45)35(27-41(51-49-39,29-15-7-3-8-16-29)30-17-9-4-10-18-30)37(43)47-33-23-25-34(26-24-33)48-38(44)36-28-42(52-50-40(36,2)46,31-19-11-5-12-20-31)32-21-13-6-14-22-32/h3-26,35-36,45-46H,27-28H2,1-2H3. The first-order valence-corrected chi connectivity index (χ1v) is 17.0. The van der Waals surface area contributed by atoms with E-state index in [0.29, 0.717) is 0 Å². The molecule has 10 nitrogen and oxygen atoms in total. The normalized spacial score (nSPS) is 25.1. The fraction of sp³-hybridized carbons (Fsp3) is 0.238. The molecule has 0 spiro atoms. The third kappa shape index (κ3) is 6.75. The van der Waals surface area contributed by atoms with Gasteiger partial charge in [0.15, 0.2) is 11.2 Å². The third-order valence-corrected chi connectivity index (χ3v) is 9.77. The second-order valence-corrected chi connectivity index (χ2v) is 13.4. The molecule has 7 rings (SSSR count). The molecule has 0 bridgehead atoms. The summed E-state index contributed by atoms with van der Waals surface area (Å²) in [5.74, 6) is -7.54. The molecule has 0 aliphatic carbocycles. The molecule has 10 heteroatoms. The quantitative estimate of drug-likeness (QED) is 0.102. The summed E-state index contributed by atoms with van der Waals surface area (Å²) >= 11 is 0. The van der Waals surface area contributed by atoms with Gasteiger partial charge in [-0.05, 0) is 60.4 Å². The molecule has 4 atom stereocenters. The fourth-order valence-corrected chi connectivity index (χ4v) is 6.83. The van der Waals surface area contributed by atoms with Gasteiger partial charge in [0.05, 0.1) is 0 Å². The first kappa shape index (κ1) is 35.2. The number of benzene rings is 5. The summed E-state index contributed by atoms with van der Waals surface area (Å²) in [6.45, 7) is 2.70. The summed E-state index contributed by atoms with van der Waals surface area (Å²) in [6.07, 6.45) is 0.0340. The van der Waals surface area contributed by atoms with Crippen molar-refractivity contribution in [3.63, 3.8) is 0 Å². The summed E-state index contributed by atoms with van der Waals surface area (Å²) in [7, 11) is 0. The van der Waals surface area contributed by atoms with Crippen molar-refractivity contribution in [3.8, 4) is 11.5 Å². The van der Waals surface area contributed by atoms with Crippen LogP contribution < -0.4 is 9.47 Å². The van der Waals surface area contributed by atoms with Crippen molar-refractivity contribution < 1.29 is 48.8 Å². The number of rotatable bonds is 8. The molecule has 2 saturated heterocycles. The summed E-state index contributed by atoms with van der Waals surface area (Å²) in [5, 5.41) is 22.3. The minimum Gasteiger partial charge on any atom is -0.426 e. The molecule has 0 aromatic heterocycles. The Balaban J connectivity index is 1.08. The van der Waals surface area contributed by atoms with Gasteiger partial charge < -0.3 is 19.7 Å². The van der Waals surface area contributed by atoms with Crippen LogP contribution in [0.4, 0.5) is 0 Å². The SMILES string of the molecule is CC1(O)OOC(c2ccccc2)(c2ccccc2)CC1C(=O)Oc1ccc(OC(=O)C2CC(c3ccccc3)(c3ccccc3)OOC2(C)O)cc1. The lowest BCUT2D eigenvalue weighted by Gasteiger charge is -2.45. The van der Waals surface area contributed by atoms with Crippen LogP contribution in [0.1, 0.15) is 48.9 Å². The van der Waals surface area contributed by atoms with Crippen LogP contribution in [0.2, 0.25) is 0 Å². The number of hydrogen-bond donors (Lipinski definition) is 2. The zero-order chi connectivity index (χ0) is 36.4. The summed E-state index contributed by atoms with van der Waals surface area (Å²) in [4.78, 5) is 50.3. The Morgan fingerprint density at radius 3 is 1.02 bits per heavy atom. The van der Waals surface area contributed by atoms with E-state index in [1.807, 2.05) is 121 Å². The van der Waals surface area contributed by atoms with Crippen molar-refractivity contribution in [2.75, 3.05) is 0 Å². The van der Waals surface area contributed by atoms with Crippen LogP contribution in [0.5, 0.6) is 11.5 Å². The highest BCUT2D eigenvalue weighted by Crippen LogP contribution is 2.49. The predicted molar refractivity (Wildman–Crippen MR) is 187 cm³/mol. The molecular formula is C42H38O10. The molecular weight excluding hydrogens is 664 g/mol. The Hall–Kier alpha value is -5.20. The Kier molecular flexibility index (Phi) is 9.53. The average Bonchev–Trinajstić information content (AvgIpc) is 3.17. The van der Waals surface area contributed by atoms with Crippen LogP contribution >= 0.6 is 0 Å². The van der Waals surface area contributed by atoms with Gasteiger partial charge in [-0.2, -0.15) is 9.78 Å².